The van der Waals surface area contributed by atoms with Gasteiger partial charge in [0, 0.05) is 31.5 Å². The van der Waals surface area contributed by atoms with Crippen molar-refractivity contribution < 1.29 is 17.5 Å². The van der Waals surface area contributed by atoms with Gasteiger partial charge in [-0.2, -0.15) is 0 Å². The molecule has 0 atom stereocenters. The summed E-state index contributed by atoms with van der Waals surface area (Å²) in [6.07, 6.45) is 1.76. The molecule has 0 radical (unpaired) electrons. The molecule has 0 fully saturated rings. The van der Waals surface area contributed by atoms with Crippen LogP contribution in [0.5, 0.6) is 5.75 Å². The van der Waals surface area contributed by atoms with Gasteiger partial charge in [-0.3, -0.25) is 4.72 Å². The van der Waals surface area contributed by atoms with Gasteiger partial charge in [-0.25, -0.2) is 12.8 Å². The second-order valence-electron chi connectivity index (χ2n) is 8.72. The topological polar surface area (TPSA) is 61.9 Å². The predicted octanol–water partition coefficient (Wildman–Crippen LogP) is 5.16. The monoisotopic (exact) mass is 519 g/mol. The van der Waals surface area contributed by atoms with Crippen molar-refractivity contribution in [1.29, 1.82) is 0 Å². The zero-order valence-corrected chi connectivity index (χ0v) is 22.0. The van der Waals surface area contributed by atoms with E-state index in [0.717, 1.165) is 42.9 Å². The molecule has 0 bridgehead atoms. The second kappa shape index (κ2) is 10.8. The van der Waals surface area contributed by atoms with E-state index in [0.29, 0.717) is 17.0 Å². The lowest BCUT2D eigenvalue weighted by atomic mass is 10.0. The third-order valence-electron chi connectivity index (χ3n) is 6.34. The second-order valence-corrected chi connectivity index (χ2v) is 10.4. The van der Waals surface area contributed by atoms with Crippen LogP contribution in [0.2, 0.25) is 0 Å². The first kappa shape index (κ1) is 26.8. The Morgan fingerprint density at radius 1 is 0.971 bits per heavy atom. The van der Waals surface area contributed by atoms with E-state index in [1.165, 1.54) is 17.7 Å². The normalized spacial score (nSPS) is 13.9. The van der Waals surface area contributed by atoms with E-state index < -0.39 is 10.0 Å². The third-order valence-corrected chi connectivity index (χ3v) is 7.87. The predicted molar refractivity (Wildman–Crippen MR) is 142 cm³/mol. The average Bonchev–Trinajstić information content (AvgIpc) is 2.99. The number of nitrogens with one attached hydrogen (secondary N) is 1. The lowest BCUT2D eigenvalue weighted by Gasteiger charge is -2.21. The summed E-state index contributed by atoms with van der Waals surface area (Å²) in [6, 6.07) is 15.1. The van der Waals surface area contributed by atoms with Crippen LogP contribution in [0.4, 0.5) is 21.5 Å². The van der Waals surface area contributed by atoms with Crippen LogP contribution in [-0.2, 0) is 22.9 Å². The van der Waals surface area contributed by atoms with Gasteiger partial charge in [-0.15, -0.1) is 12.4 Å². The number of sulfonamides is 1. The van der Waals surface area contributed by atoms with Crippen LogP contribution in [0, 0.1) is 12.7 Å². The number of nitrogens with zero attached hydrogens (tertiary/aromatic N) is 2. The number of fused-ring (bicyclic) bond motifs is 1. The highest BCUT2D eigenvalue weighted by atomic mass is 35.5. The van der Waals surface area contributed by atoms with E-state index in [-0.39, 0.29) is 23.1 Å². The first-order valence-electron chi connectivity index (χ1n) is 11.2. The minimum atomic E-state index is -3.84. The van der Waals surface area contributed by atoms with E-state index >= 15 is 0 Å². The molecule has 0 amide bonds. The molecule has 0 saturated carbocycles. The number of likely N-dealkylation sites (N-methyl/N-ethyl adjacent to an activating group) is 1. The molecule has 0 unspecified atom stereocenters. The minimum Gasteiger partial charge on any atom is -0.495 e. The number of ether oxygens (including phenoxy) is 1. The van der Waals surface area contributed by atoms with Crippen LogP contribution >= 0.6 is 12.4 Å². The Bertz CT molecular complexity index is 1300. The summed E-state index contributed by atoms with van der Waals surface area (Å²) in [5, 5.41) is 0. The molecule has 0 aliphatic carbocycles. The van der Waals surface area contributed by atoms with E-state index in [4.69, 9.17) is 4.74 Å². The molecule has 0 spiro atoms. The van der Waals surface area contributed by atoms with E-state index in [1.807, 2.05) is 30.1 Å². The highest BCUT2D eigenvalue weighted by Gasteiger charge is 2.22. The van der Waals surface area contributed by atoms with Gasteiger partial charge >= 0.3 is 0 Å². The SMILES string of the molecule is COc1cc2c(cc1NS(=O)(=O)c1ccc(N(C)c3ccc(F)cc3)cc1C)CCN(C)CC2.Cl. The molecule has 35 heavy (non-hydrogen) atoms. The number of benzene rings is 3. The van der Waals surface area contributed by atoms with Gasteiger partial charge in [0.25, 0.3) is 10.0 Å². The molecule has 6 nitrogen and oxygen atoms in total. The number of hydrogen-bond acceptors (Lipinski definition) is 5. The molecule has 1 aliphatic rings. The van der Waals surface area contributed by atoms with Crippen LogP contribution in [0.15, 0.2) is 59.5 Å². The fourth-order valence-corrected chi connectivity index (χ4v) is 5.56. The summed E-state index contributed by atoms with van der Waals surface area (Å²) in [4.78, 5) is 4.34. The summed E-state index contributed by atoms with van der Waals surface area (Å²) in [7, 11) is 1.65. The van der Waals surface area contributed by atoms with Crippen LogP contribution in [0.1, 0.15) is 16.7 Å². The number of hydrogen-bond donors (Lipinski definition) is 1. The quantitative estimate of drug-likeness (QED) is 0.487. The Labute approximate surface area is 213 Å². The maximum absolute atomic E-state index is 13.3. The first-order valence-corrected chi connectivity index (χ1v) is 12.7. The molecule has 4 rings (SSSR count). The molecule has 188 valence electrons. The van der Waals surface area contributed by atoms with Gasteiger partial charge in [0.15, 0.2) is 0 Å². The van der Waals surface area contributed by atoms with Gasteiger partial charge in [0.05, 0.1) is 17.7 Å². The number of halogens is 2. The molecule has 3 aromatic rings. The van der Waals surface area contributed by atoms with Crippen molar-refractivity contribution in [2.45, 2.75) is 24.7 Å². The lowest BCUT2D eigenvalue weighted by molar-refractivity contribution is 0.352. The maximum atomic E-state index is 13.3. The molecule has 9 heteroatoms. The number of rotatable bonds is 6. The molecule has 0 aromatic heterocycles. The van der Waals surface area contributed by atoms with E-state index in [9.17, 15) is 12.8 Å². The highest BCUT2D eigenvalue weighted by Crippen LogP contribution is 2.33. The standard InChI is InChI=1S/C26H30FN3O3S.ClH/c1-18-15-23(30(3)22-7-5-21(27)6-8-22)9-10-26(18)34(31,32)28-24-16-19-11-13-29(2)14-12-20(19)17-25(24)33-4;/h5-10,15-17,28H,11-14H2,1-4H3;1H. The summed E-state index contributed by atoms with van der Waals surface area (Å²) in [5.41, 5.74) is 4.97. The molecule has 1 N–H and O–H groups in total. The molecule has 1 aliphatic heterocycles. The van der Waals surface area contributed by atoms with Crippen LogP contribution in [0.3, 0.4) is 0 Å². The van der Waals surface area contributed by atoms with Gasteiger partial charge in [-0.05, 0) is 98.1 Å². The Balaban J connectivity index is 0.00000342. The van der Waals surface area contributed by atoms with E-state index in [1.54, 1.807) is 38.3 Å². The average molecular weight is 520 g/mol. The smallest absolute Gasteiger partial charge is 0.262 e. The molecule has 1 heterocycles. The highest BCUT2D eigenvalue weighted by molar-refractivity contribution is 7.92. The molecule has 3 aromatic carbocycles. The Morgan fingerprint density at radius 3 is 2.17 bits per heavy atom. The number of aryl methyl sites for hydroxylation is 1. The maximum Gasteiger partial charge on any atom is 0.262 e. The van der Waals surface area contributed by atoms with Crippen LogP contribution in [0.25, 0.3) is 0 Å². The van der Waals surface area contributed by atoms with Crippen molar-refractivity contribution >= 4 is 39.5 Å². The largest absolute Gasteiger partial charge is 0.495 e. The minimum absolute atomic E-state index is 0. The van der Waals surface area contributed by atoms with Gasteiger partial charge in [0.2, 0.25) is 0 Å². The third kappa shape index (κ3) is 5.89. The Kier molecular flexibility index (Phi) is 8.30. The zero-order chi connectivity index (χ0) is 24.5. The summed E-state index contributed by atoms with van der Waals surface area (Å²) in [6.45, 7) is 3.65. The van der Waals surface area contributed by atoms with Crippen LogP contribution in [-0.4, -0.2) is 47.6 Å². The zero-order valence-electron chi connectivity index (χ0n) is 20.3. The van der Waals surface area contributed by atoms with Gasteiger partial charge < -0.3 is 14.5 Å². The van der Waals surface area contributed by atoms with Crippen molar-refractivity contribution in [2.75, 3.05) is 43.9 Å². The number of methoxy groups -OCH3 is 1. The lowest BCUT2D eigenvalue weighted by Crippen LogP contribution is -2.20. The number of anilines is 3. The fourth-order valence-electron chi connectivity index (χ4n) is 4.27. The van der Waals surface area contributed by atoms with Crippen molar-refractivity contribution in [3.63, 3.8) is 0 Å². The van der Waals surface area contributed by atoms with Crippen molar-refractivity contribution in [3.05, 3.63) is 77.1 Å². The summed E-state index contributed by atoms with van der Waals surface area (Å²) >= 11 is 0. The molecular weight excluding hydrogens is 489 g/mol. The van der Waals surface area contributed by atoms with E-state index in [2.05, 4.69) is 16.7 Å². The van der Waals surface area contributed by atoms with Crippen molar-refractivity contribution in [3.8, 4) is 5.75 Å². The van der Waals surface area contributed by atoms with Crippen LogP contribution < -0.4 is 14.4 Å². The Hall–Kier alpha value is -2.81. The van der Waals surface area contributed by atoms with Crippen molar-refractivity contribution in [2.24, 2.45) is 0 Å². The summed E-state index contributed by atoms with van der Waals surface area (Å²) in [5.74, 6) is 0.207. The molecular formula is C26H31ClFN3O3S. The van der Waals surface area contributed by atoms with Crippen molar-refractivity contribution in [1.82, 2.24) is 4.90 Å². The molecule has 0 saturated heterocycles. The van der Waals surface area contributed by atoms with Gasteiger partial charge in [0.1, 0.15) is 11.6 Å². The fraction of sp³-hybridized carbons (Fsp3) is 0.308. The first-order chi connectivity index (χ1) is 16.2. The summed E-state index contributed by atoms with van der Waals surface area (Å²) < 4.78 is 48.2. The van der Waals surface area contributed by atoms with Gasteiger partial charge in [-0.1, -0.05) is 0 Å². The Morgan fingerprint density at radius 2 is 1.57 bits per heavy atom.